The first kappa shape index (κ1) is 18.2. The van der Waals surface area contributed by atoms with Crippen molar-refractivity contribution < 1.29 is 9.18 Å². The van der Waals surface area contributed by atoms with Gasteiger partial charge in [0.15, 0.2) is 0 Å². The molecule has 3 nitrogen and oxygen atoms in total. The molecule has 2 aromatic carbocycles. The first-order valence-electron chi connectivity index (χ1n) is 10.0. The normalized spacial score (nSPS) is 22.9. The molecule has 1 saturated heterocycles. The zero-order chi connectivity index (χ0) is 18.6. The molecule has 1 N–H and O–H groups in total. The van der Waals surface area contributed by atoms with Crippen LogP contribution >= 0.6 is 0 Å². The monoisotopic (exact) mass is 366 g/mol. The second kappa shape index (κ2) is 8.22. The highest BCUT2D eigenvalue weighted by Crippen LogP contribution is 2.30. The van der Waals surface area contributed by atoms with Gasteiger partial charge < -0.3 is 5.32 Å². The molecule has 142 valence electrons. The van der Waals surface area contributed by atoms with Crippen LogP contribution in [0.3, 0.4) is 0 Å². The molecule has 0 aromatic heterocycles. The van der Waals surface area contributed by atoms with E-state index in [2.05, 4.69) is 34.5 Å². The first-order valence-corrected chi connectivity index (χ1v) is 10.0. The molecule has 0 spiro atoms. The summed E-state index contributed by atoms with van der Waals surface area (Å²) in [5.74, 6) is 0.0104. The van der Waals surface area contributed by atoms with Crippen molar-refractivity contribution in [3.05, 3.63) is 71.0 Å². The number of piperidine rings is 1. The lowest BCUT2D eigenvalue weighted by Gasteiger charge is -2.34. The van der Waals surface area contributed by atoms with Gasteiger partial charge in [-0.1, -0.05) is 36.4 Å². The van der Waals surface area contributed by atoms with Gasteiger partial charge in [0.2, 0.25) is 5.91 Å². The molecule has 4 rings (SSSR count). The van der Waals surface area contributed by atoms with Crippen LogP contribution in [0, 0.1) is 11.7 Å². The van der Waals surface area contributed by atoms with Gasteiger partial charge >= 0.3 is 0 Å². The van der Waals surface area contributed by atoms with Gasteiger partial charge in [-0.3, -0.25) is 9.69 Å². The summed E-state index contributed by atoms with van der Waals surface area (Å²) >= 11 is 0. The topological polar surface area (TPSA) is 32.3 Å². The molecule has 4 heteroatoms. The maximum Gasteiger partial charge on any atom is 0.224 e. The third kappa shape index (κ3) is 4.38. The number of nitrogens with zero attached hydrogens (tertiary/aromatic N) is 1. The lowest BCUT2D eigenvalue weighted by molar-refractivity contribution is -0.127. The van der Waals surface area contributed by atoms with Gasteiger partial charge in [0.25, 0.3) is 0 Å². The molecule has 2 aromatic rings. The van der Waals surface area contributed by atoms with Gasteiger partial charge in [0.1, 0.15) is 5.82 Å². The van der Waals surface area contributed by atoms with Crippen LogP contribution in [-0.2, 0) is 17.8 Å². The Morgan fingerprint density at radius 2 is 1.89 bits per heavy atom. The van der Waals surface area contributed by atoms with Gasteiger partial charge in [0, 0.05) is 13.1 Å². The number of hydrogen-bond acceptors (Lipinski definition) is 2. The number of hydrogen-bond donors (Lipinski definition) is 1. The van der Waals surface area contributed by atoms with Gasteiger partial charge in [-0.25, -0.2) is 4.39 Å². The van der Waals surface area contributed by atoms with Gasteiger partial charge in [-0.05, 0) is 67.5 Å². The van der Waals surface area contributed by atoms with Crippen LogP contribution in [0.15, 0.2) is 48.5 Å². The van der Waals surface area contributed by atoms with Crippen molar-refractivity contribution in [2.45, 2.75) is 44.7 Å². The fourth-order valence-electron chi connectivity index (χ4n) is 4.45. The number of halogens is 1. The van der Waals surface area contributed by atoms with Crippen molar-refractivity contribution in [2.24, 2.45) is 5.92 Å². The molecule has 1 heterocycles. The maximum atomic E-state index is 13.1. The van der Waals surface area contributed by atoms with Crippen molar-refractivity contribution >= 4 is 5.91 Å². The Morgan fingerprint density at radius 3 is 2.74 bits per heavy atom. The van der Waals surface area contributed by atoms with Crippen molar-refractivity contribution in [1.82, 2.24) is 10.2 Å². The number of fused-ring (bicyclic) bond motifs is 1. The molecular formula is C23H27FN2O. The highest BCUT2D eigenvalue weighted by molar-refractivity contribution is 5.79. The van der Waals surface area contributed by atoms with E-state index < -0.39 is 0 Å². The smallest absolute Gasteiger partial charge is 0.224 e. The zero-order valence-corrected chi connectivity index (χ0v) is 15.7. The summed E-state index contributed by atoms with van der Waals surface area (Å²) in [6, 6.07) is 15.3. The Kier molecular flexibility index (Phi) is 5.53. The summed E-state index contributed by atoms with van der Waals surface area (Å²) in [5, 5.41) is 3.32. The lowest BCUT2D eigenvalue weighted by Crippen LogP contribution is -2.44. The number of carbonyl (C=O) groups is 1. The molecule has 2 atom stereocenters. The van der Waals surface area contributed by atoms with Crippen LogP contribution in [0.5, 0.6) is 0 Å². The van der Waals surface area contributed by atoms with E-state index in [0.717, 1.165) is 57.3 Å². The Morgan fingerprint density at radius 1 is 1.07 bits per heavy atom. The van der Waals surface area contributed by atoms with Crippen LogP contribution in [0.2, 0.25) is 0 Å². The summed E-state index contributed by atoms with van der Waals surface area (Å²) < 4.78 is 13.1. The van der Waals surface area contributed by atoms with E-state index in [-0.39, 0.29) is 23.7 Å². The number of aryl methyl sites for hydroxylation is 1. The second-order valence-corrected chi connectivity index (χ2v) is 7.85. The summed E-state index contributed by atoms with van der Waals surface area (Å²) in [4.78, 5) is 15.2. The Balaban J connectivity index is 1.37. The lowest BCUT2D eigenvalue weighted by atomic mass is 9.87. The minimum atomic E-state index is -0.206. The summed E-state index contributed by atoms with van der Waals surface area (Å²) in [7, 11) is 0. The van der Waals surface area contributed by atoms with Gasteiger partial charge in [-0.15, -0.1) is 0 Å². The van der Waals surface area contributed by atoms with E-state index in [1.165, 1.54) is 23.3 Å². The molecule has 1 fully saturated rings. The minimum Gasteiger partial charge on any atom is -0.349 e. The highest BCUT2D eigenvalue weighted by Gasteiger charge is 2.29. The molecule has 0 bridgehead atoms. The van der Waals surface area contributed by atoms with Crippen molar-refractivity contribution in [1.29, 1.82) is 0 Å². The van der Waals surface area contributed by atoms with Crippen molar-refractivity contribution in [3.63, 3.8) is 0 Å². The number of rotatable bonds is 4. The van der Waals surface area contributed by atoms with E-state index in [9.17, 15) is 9.18 Å². The van der Waals surface area contributed by atoms with Crippen LogP contribution < -0.4 is 5.32 Å². The number of likely N-dealkylation sites (tertiary alicyclic amines) is 1. The van der Waals surface area contributed by atoms with E-state index in [1.807, 2.05) is 12.1 Å². The zero-order valence-electron chi connectivity index (χ0n) is 15.7. The molecule has 2 aliphatic rings. The molecule has 0 saturated carbocycles. The van der Waals surface area contributed by atoms with Crippen LogP contribution in [0.1, 0.15) is 48.4 Å². The molecule has 0 unspecified atom stereocenters. The number of amides is 1. The largest absolute Gasteiger partial charge is 0.349 e. The summed E-state index contributed by atoms with van der Waals surface area (Å²) in [6.07, 6.45) is 5.23. The average Bonchev–Trinajstić information content (AvgIpc) is 2.70. The third-order valence-electron chi connectivity index (χ3n) is 5.88. The number of carbonyl (C=O) groups excluding carboxylic acids is 1. The van der Waals surface area contributed by atoms with E-state index in [4.69, 9.17) is 0 Å². The quantitative estimate of drug-likeness (QED) is 0.878. The van der Waals surface area contributed by atoms with E-state index in [1.54, 1.807) is 0 Å². The number of benzene rings is 2. The number of nitrogens with one attached hydrogen (secondary N) is 1. The van der Waals surface area contributed by atoms with Crippen molar-refractivity contribution in [3.8, 4) is 0 Å². The highest BCUT2D eigenvalue weighted by atomic mass is 19.1. The van der Waals surface area contributed by atoms with E-state index >= 15 is 0 Å². The minimum absolute atomic E-state index is 0.0355. The molecule has 1 aliphatic heterocycles. The Hall–Kier alpha value is -2.20. The van der Waals surface area contributed by atoms with Gasteiger partial charge in [0.05, 0.1) is 12.0 Å². The fourth-order valence-corrected chi connectivity index (χ4v) is 4.45. The predicted octanol–water partition coefficient (Wildman–Crippen LogP) is 4.23. The third-order valence-corrected chi connectivity index (χ3v) is 5.88. The Bertz CT molecular complexity index is 789. The summed E-state index contributed by atoms with van der Waals surface area (Å²) in [5.41, 5.74) is 3.75. The SMILES string of the molecule is O=C(N[C@H]1CCCc2ccccc21)[C@H]1CCCN(Cc2ccc(F)cc2)C1. The second-order valence-electron chi connectivity index (χ2n) is 7.85. The van der Waals surface area contributed by atoms with Crippen LogP contribution in [0.25, 0.3) is 0 Å². The molecule has 27 heavy (non-hydrogen) atoms. The van der Waals surface area contributed by atoms with Gasteiger partial charge in [-0.2, -0.15) is 0 Å². The maximum absolute atomic E-state index is 13.1. The molecule has 0 radical (unpaired) electrons. The first-order chi connectivity index (χ1) is 13.2. The van der Waals surface area contributed by atoms with Crippen LogP contribution in [-0.4, -0.2) is 23.9 Å². The molecule has 1 aliphatic carbocycles. The predicted molar refractivity (Wildman–Crippen MR) is 105 cm³/mol. The van der Waals surface area contributed by atoms with Crippen molar-refractivity contribution in [2.75, 3.05) is 13.1 Å². The standard InChI is InChI=1S/C23H27FN2O/c24-20-12-10-17(11-13-20)15-26-14-4-7-19(16-26)23(27)25-22-9-3-6-18-5-1-2-8-21(18)22/h1-2,5,8,10-13,19,22H,3-4,6-7,9,14-16H2,(H,25,27)/t19-,22-/m0/s1. The molecular weight excluding hydrogens is 339 g/mol. The average molecular weight is 366 g/mol. The fraction of sp³-hybridized carbons (Fsp3) is 0.435. The summed E-state index contributed by atoms with van der Waals surface area (Å²) in [6.45, 7) is 2.54. The van der Waals surface area contributed by atoms with Crippen LogP contribution in [0.4, 0.5) is 4.39 Å². The van der Waals surface area contributed by atoms with E-state index in [0.29, 0.717) is 0 Å². The Labute approximate surface area is 160 Å². The molecule has 1 amide bonds.